The van der Waals surface area contributed by atoms with Gasteiger partial charge >= 0.3 is 0 Å². The molecule has 1 saturated heterocycles. The SMILES string of the molecule is COc1cc(OC)c(OC)cc1/C=N\NC(=O)C1CC[NH+](Cc2ccc(F)cc2Cl)CC1. The molecule has 0 bridgehead atoms. The van der Waals surface area contributed by atoms with Gasteiger partial charge in [0.2, 0.25) is 5.91 Å². The minimum atomic E-state index is -0.338. The van der Waals surface area contributed by atoms with Crippen molar-refractivity contribution in [2.24, 2.45) is 11.0 Å². The number of rotatable bonds is 8. The molecule has 1 amide bonds. The van der Waals surface area contributed by atoms with E-state index in [1.165, 1.54) is 23.2 Å². The van der Waals surface area contributed by atoms with E-state index in [-0.39, 0.29) is 17.6 Å². The van der Waals surface area contributed by atoms with E-state index in [4.69, 9.17) is 25.8 Å². The first-order valence-corrected chi connectivity index (χ1v) is 10.7. The van der Waals surface area contributed by atoms with Crippen LogP contribution in [0.3, 0.4) is 0 Å². The molecule has 7 nitrogen and oxygen atoms in total. The fraction of sp³-hybridized carbons (Fsp3) is 0.391. The van der Waals surface area contributed by atoms with Gasteiger partial charge in [-0.05, 0) is 24.3 Å². The summed E-state index contributed by atoms with van der Waals surface area (Å²) in [6.07, 6.45) is 3.01. The van der Waals surface area contributed by atoms with Crippen LogP contribution in [-0.2, 0) is 11.3 Å². The van der Waals surface area contributed by atoms with E-state index >= 15 is 0 Å². The number of hydrogen-bond donors (Lipinski definition) is 2. The van der Waals surface area contributed by atoms with E-state index in [0.29, 0.717) is 34.4 Å². The van der Waals surface area contributed by atoms with E-state index < -0.39 is 0 Å². The topological polar surface area (TPSA) is 73.6 Å². The smallest absolute Gasteiger partial charge is 0.243 e. The maximum atomic E-state index is 13.2. The van der Waals surface area contributed by atoms with Gasteiger partial charge in [0.05, 0.1) is 51.6 Å². The van der Waals surface area contributed by atoms with Gasteiger partial charge in [-0.25, -0.2) is 9.82 Å². The highest BCUT2D eigenvalue weighted by atomic mass is 35.5. The first kappa shape index (κ1) is 23.8. The zero-order chi connectivity index (χ0) is 23.1. The first-order valence-electron chi connectivity index (χ1n) is 10.4. The number of nitrogens with one attached hydrogen (secondary N) is 2. The lowest BCUT2D eigenvalue weighted by Crippen LogP contribution is -3.11. The molecule has 0 aromatic heterocycles. The number of methoxy groups -OCH3 is 3. The van der Waals surface area contributed by atoms with Crippen molar-refractivity contribution in [3.05, 3.63) is 52.3 Å². The average molecular weight is 465 g/mol. The van der Waals surface area contributed by atoms with Crippen molar-refractivity contribution in [3.8, 4) is 17.2 Å². The summed E-state index contributed by atoms with van der Waals surface area (Å²) in [5.74, 6) is 1.08. The highest BCUT2D eigenvalue weighted by Crippen LogP contribution is 2.33. The maximum Gasteiger partial charge on any atom is 0.243 e. The Morgan fingerprint density at radius 1 is 1.12 bits per heavy atom. The number of ether oxygens (including phenoxy) is 3. The molecule has 1 aliphatic heterocycles. The minimum Gasteiger partial charge on any atom is -0.496 e. The summed E-state index contributed by atoms with van der Waals surface area (Å²) in [5.41, 5.74) is 4.20. The number of amides is 1. The molecule has 0 saturated carbocycles. The van der Waals surface area contributed by atoms with Crippen molar-refractivity contribution >= 4 is 23.7 Å². The number of carbonyl (C=O) groups excluding carboxylic acids is 1. The Labute approximate surface area is 192 Å². The summed E-state index contributed by atoms with van der Waals surface area (Å²) in [7, 11) is 4.64. The molecule has 2 aromatic rings. The molecule has 2 N–H and O–H groups in total. The first-order chi connectivity index (χ1) is 15.4. The molecule has 0 spiro atoms. The Morgan fingerprint density at radius 2 is 1.78 bits per heavy atom. The number of carbonyl (C=O) groups is 1. The largest absolute Gasteiger partial charge is 0.496 e. The Hall–Kier alpha value is -2.84. The van der Waals surface area contributed by atoms with Gasteiger partial charge in [0.25, 0.3) is 0 Å². The van der Waals surface area contributed by atoms with Crippen LogP contribution in [0.2, 0.25) is 5.02 Å². The van der Waals surface area contributed by atoms with E-state index in [2.05, 4.69) is 10.5 Å². The molecule has 32 heavy (non-hydrogen) atoms. The molecule has 3 rings (SSSR count). The predicted octanol–water partition coefficient (Wildman–Crippen LogP) is 2.45. The molecule has 1 aliphatic rings. The van der Waals surface area contributed by atoms with Gasteiger partial charge in [-0.2, -0.15) is 5.10 Å². The predicted molar refractivity (Wildman–Crippen MR) is 120 cm³/mol. The number of hydrazone groups is 1. The molecule has 0 atom stereocenters. The third-order valence-electron chi connectivity index (χ3n) is 5.63. The summed E-state index contributed by atoms with van der Waals surface area (Å²) in [4.78, 5) is 13.9. The van der Waals surface area contributed by atoms with Crippen LogP contribution in [0.5, 0.6) is 17.2 Å². The minimum absolute atomic E-state index is 0.105. The number of quaternary nitrogens is 1. The molecule has 0 radical (unpaired) electrons. The summed E-state index contributed by atoms with van der Waals surface area (Å²) in [6.45, 7) is 2.38. The van der Waals surface area contributed by atoms with Crippen molar-refractivity contribution in [3.63, 3.8) is 0 Å². The molecule has 1 heterocycles. The number of likely N-dealkylation sites (tertiary alicyclic amines) is 1. The average Bonchev–Trinajstić information content (AvgIpc) is 2.80. The van der Waals surface area contributed by atoms with Gasteiger partial charge in [0.15, 0.2) is 11.5 Å². The number of halogens is 2. The summed E-state index contributed by atoms with van der Waals surface area (Å²) >= 11 is 6.14. The Morgan fingerprint density at radius 3 is 2.41 bits per heavy atom. The Kier molecular flexibility index (Phi) is 8.30. The van der Waals surface area contributed by atoms with Crippen LogP contribution in [0.1, 0.15) is 24.0 Å². The fourth-order valence-corrected chi connectivity index (χ4v) is 4.04. The lowest BCUT2D eigenvalue weighted by Gasteiger charge is -2.28. The third kappa shape index (κ3) is 5.89. The highest BCUT2D eigenvalue weighted by molar-refractivity contribution is 6.31. The summed E-state index contributed by atoms with van der Waals surface area (Å²) in [5, 5.41) is 4.54. The zero-order valence-corrected chi connectivity index (χ0v) is 19.2. The molecular weight excluding hydrogens is 437 g/mol. The Bertz CT molecular complexity index is 978. The van der Waals surface area contributed by atoms with Crippen LogP contribution in [-0.4, -0.2) is 46.5 Å². The van der Waals surface area contributed by atoms with Gasteiger partial charge in [-0.1, -0.05) is 11.6 Å². The van der Waals surface area contributed by atoms with E-state index in [1.807, 2.05) is 0 Å². The molecule has 0 aliphatic carbocycles. The summed E-state index contributed by atoms with van der Waals surface area (Å²) < 4.78 is 29.2. The standard InChI is InChI=1S/C23H27ClFN3O4/c1-30-20-12-22(32-3)21(31-2)10-17(20)13-26-27-23(29)15-6-8-28(9-7-15)14-16-4-5-18(25)11-19(16)24/h4-5,10-13,15H,6-9,14H2,1-3H3,(H,27,29)/p+1/b26-13-. The fourth-order valence-electron chi connectivity index (χ4n) is 3.81. The number of nitrogens with zero attached hydrogens (tertiary/aromatic N) is 1. The third-order valence-corrected chi connectivity index (χ3v) is 5.99. The van der Waals surface area contributed by atoms with Crippen LogP contribution >= 0.6 is 11.6 Å². The van der Waals surface area contributed by atoms with Gasteiger partial charge in [0.1, 0.15) is 18.1 Å². The van der Waals surface area contributed by atoms with E-state index in [0.717, 1.165) is 31.5 Å². The van der Waals surface area contributed by atoms with Crippen molar-refractivity contribution in [2.75, 3.05) is 34.4 Å². The number of hydrogen-bond acceptors (Lipinski definition) is 5. The molecule has 0 unspecified atom stereocenters. The second kappa shape index (κ2) is 11.2. The quantitative estimate of drug-likeness (QED) is 0.465. The molecule has 9 heteroatoms. The zero-order valence-electron chi connectivity index (χ0n) is 18.4. The van der Waals surface area contributed by atoms with Gasteiger partial charge in [-0.3, -0.25) is 4.79 Å². The van der Waals surface area contributed by atoms with Gasteiger partial charge in [0, 0.05) is 30.0 Å². The maximum absolute atomic E-state index is 13.2. The molecule has 1 fully saturated rings. The van der Waals surface area contributed by atoms with Crippen molar-refractivity contribution in [1.82, 2.24) is 5.43 Å². The second-order valence-corrected chi connectivity index (χ2v) is 8.03. The Balaban J connectivity index is 1.53. The van der Waals surface area contributed by atoms with Crippen molar-refractivity contribution in [2.45, 2.75) is 19.4 Å². The monoisotopic (exact) mass is 464 g/mol. The highest BCUT2D eigenvalue weighted by Gasteiger charge is 2.27. The van der Waals surface area contributed by atoms with E-state index in [9.17, 15) is 9.18 Å². The lowest BCUT2D eigenvalue weighted by atomic mass is 9.96. The van der Waals surface area contributed by atoms with Crippen molar-refractivity contribution < 1.29 is 28.3 Å². The van der Waals surface area contributed by atoms with Crippen LogP contribution < -0.4 is 24.5 Å². The van der Waals surface area contributed by atoms with Crippen LogP contribution in [0.15, 0.2) is 35.4 Å². The van der Waals surface area contributed by atoms with Gasteiger partial charge in [-0.15, -0.1) is 0 Å². The normalized spacial score (nSPS) is 18.4. The number of piperidine rings is 1. The molecule has 172 valence electrons. The van der Waals surface area contributed by atoms with Crippen molar-refractivity contribution in [1.29, 1.82) is 0 Å². The summed E-state index contributed by atoms with van der Waals surface area (Å²) in [6, 6.07) is 7.92. The molecule has 2 aromatic carbocycles. The van der Waals surface area contributed by atoms with E-state index in [1.54, 1.807) is 39.5 Å². The van der Waals surface area contributed by atoms with Crippen LogP contribution in [0, 0.1) is 11.7 Å². The van der Waals surface area contributed by atoms with Crippen LogP contribution in [0.25, 0.3) is 0 Å². The number of benzene rings is 2. The van der Waals surface area contributed by atoms with Gasteiger partial charge < -0.3 is 19.1 Å². The lowest BCUT2D eigenvalue weighted by molar-refractivity contribution is -0.919. The second-order valence-electron chi connectivity index (χ2n) is 7.62. The van der Waals surface area contributed by atoms with Crippen LogP contribution in [0.4, 0.5) is 4.39 Å². The molecular formula is C23H28ClFN3O4+.